The molecule has 0 aliphatic rings. The maximum atomic E-state index is 12.7. The van der Waals surface area contributed by atoms with Crippen molar-refractivity contribution in [2.24, 2.45) is 5.73 Å². The summed E-state index contributed by atoms with van der Waals surface area (Å²) in [5.41, 5.74) is 7.99. The lowest BCUT2D eigenvalue weighted by Gasteiger charge is -2.11. The van der Waals surface area contributed by atoms with Gasteiger partial charge in [0, 0.05) is 0 Å². The van der Waals surface area contributed by atoms with Crippen molar-refractivity contribution in [2.45, 2.75) is 6.04 Å². The molecule has 16 heavy (non-hydrogen) atoms. The summed E-state index contributed by atoms with van der Waals surface area (Å²) in [4.78, 5) is 0. The van der Waals surface area contributed by atoms with Gasteiger partial charge in [-0.25, -0.2) is 4.39 Å². The highest BCUT2D eigenvalue weighted by Gasteiger charge is 2.07. The van der Waals surface area contributed by atoms with Gasteiger partial charge in [0.1, 0.15) is 5.82 Å². The second-order valence-electron chi connectivity index (χ2n) is 3.44. The molecule has 0 aliphatic heterocycles. The average molecular weight is 238 g/mol. The predicted octanol–water partition coefficient (Wildman–Crippen LogP) is 3.30. The lowest BCUT2D eigenvalue weighted by atomic mass is 10.00. The van der Waals surface area contributed by atoms with Gasteiger partial charge in [0.15, 0.2) is 0 Å². The molecule has 2 N–H and O–H groups in total. The Morgan fingerprint density at radius 1 is 0.812 bits per heavy atom. The highest BCUT2D eigenvalue weighted by molar-refractivity contribution is 5.85. The largest absolute Gasteiger partial charge is 0.320 e. The van der Waals surface area contributed by atoms with Crippen LogP contribution in [0.4, 0.5) is 4.39 Å². The van der Waals surface area contributed by atoms with Gasteiger partial charge < -0.3 is 5.73 Å². The lowest BCUT2D eigenvalue weighted by Crippen LogP contribution is -2.11. The minimum atomic E-state index is -0.237. The van der Waals surface area contributed by atoms with Crippen molar-refractivity contribution in [1.82, 2.24) is 0 Å². The Hall–Kier alpha value is -1.38. The quantitative estimate of drug-likeness (QED) is 0.852. The normalized spacial score (nSPS) is 11.6. The highest BCUT2D eigenvalue weighted by atomic mass is 35.5. The first-order chi connectivity index (χ1) is 7.27. The molecule has 0 aliphatic carbocycles. The van der Waals surface area contributed by atoms with Crippen LogP contribution in [0.3, 0.4) is 0 Å². The van der Waals surface area contributed by atoms with E-state index in [0.29, 0.717) is 0 Å². The molecule has 2 aromatic carbocycles. The van der Waals surface area contributed by atoms with Crippen LogP contribution in [0.25, 0.3) is 0 Å². The zero-order valence-electron chi connectivity index (χ0n) is 8.64. The third-order valence-electron chi connectivity index (χ3n) is 2.39. The molecule has 0 bridgehead atoms. The van der Waals surface area contributed by atoms with Crippen molar-refractivity contribution in [3.05, 3.63) is 71.5 Å². The van der Waals surface area contributed by atoms with Gasteiger partial charge in [-0.2, -0.15) is 0 Å². The molecule has 0 amide bonds. The summed E-state index contributed by atoms with van der Waals surface area (Å²) in [7, 11) is 0. The van der Waals surface area contributed by atoms with Gasteiger partial charge >= 0.3 is 0 Å². The molecule has 0 radical (unpaired) electrons. The molecule has 84 valence electrons. The van der Waals surface area contributed by atoms with Gasteiger partial charge in [-0.3, -0.25) is 0 Å². The van der Waals surface area contributed by atoms with Crippen molar-refractivity contribution >= 4 is 12.4 Å². The van der Waals surface area contributed by atoms with E-state index < -0.39 is 0 Å². The zero-order valence-corrected chi connectivity index (χ0v) is 9.45. The number of halogens is 2. The van der Waals surface area contributed by atoms with Crippen LogP contribution >= 0.6 is 12.4 Å². The molecule has 1 unspecified atom stereocenters. The second-order valence-corrected chi connectivity index (χ2v) is 3.44. The Morgan fingerprint density at radius 3 is 1.88 bits per heavy atom. The molecule has 0 heterocycles. The summed E-state index contributed by atoms with van der Waals surface area (Å²) in [5, 5.41) is 0. The van der Waals surface area contributed by atoms with Crippen LogP contribution in [0.2, 0.25) is 0 Å². The van der Waals surface area contributed by atoms with Crippen LogP contribution in [0.5, 0.6) is 0 Å². The van der Waals surface area contributed by atoms with Crippen molar-refractivity contribution in [3.63, 3.8) is 0 Å². The standard InChI is InChI=1S/C13H12FN.ClH/c14-12-8-6-11(7-9-12)13(15)10-4-2-1-3-5-10;/h1-9,13H,15H2;1H. The maximum absolute atomic E-state index is 12.7. The number of hydrogen-bond donors (Lipinski definition) is 1. The van der Waals surface area contributed by atoms with Crippen LogP contribution < -0.4 is 5.73 Å². The van der Waals surface area contributed by atoms with E-state index in [9.17, 15) is 4.39 Å². The van der Waals surface area contributed by atoms with Gasteiger partial charge in [0.05, 0.1) is 6.04 Å². The van der Waals surface area contributed by atoms with Crippen LogP contribution in [-0.4, -0.2) is 0 Å². The van der Waals surface area contributed by atoms with Crippen LogP contribution in [0.15, 0.2) is 54.6 Å². The molecule has 2 aromatic rings. The Kier molecular flexibility index (Phi) is 4.47. The van der Waals surface area contributed by atoms with Crippen LogP contribution in [0, 0.1) is 5.82 Å². The SMILES string of the molecule is Cl.NC(c1ccccc1)c1ccc(F)cc1. The number of rotatable bonds is 2. The number of hydrogen-bond acceptors (Lipinski definition) is 1. The van der Waals surface area contributed by atoms with Crippen molar-refractivity contribution in [1.29, 1.82) is 0 Å². The van der Waals surface area contributed by atoms with E-state index in [2.05, 4.69) is 0 Å². The number of nitrogens with two attached hydrogens (primary N) is 1. The molecule has 0 saturated carbocycles. The van der Waals surface area contributed by atoms with Crippen LogP contribution in [-0.2, 0) is 0 Å². The maximum Gasteiger partial charge on any atom is 0.123 e. The minimum Gasteiger partial charge on any atom is -0.320 e. The topological polar surface area (TPSA) is 26.0 Å². The van der Waals surface area contributed by atoms with E-state index in [1.54, 1.807) is 12.1 Å². The summed E-state index contributed by atoms with van der Waals surface area (Å²) >= 11 is 0. The molecule has 0 saturated heterocycles. The molecular formula is C13H13ClFN. The molecule has 3 heteroatoms. The van der Waals surface area contributed by atoms with Gasteiger partial charge in [0.2, 0.25) is 0 Å². The average Bonchev–Trinajstić information content (AvgIpc) is 2.30. The summed E-state index contributed by atoms with van der Waals surface area (Å²) in [6.07, 6.45) is 0. The zero-order chi connectivity index (χ0) is 10.7. The summed E-state index contributed by atoms with van der Waals surface area (Å²) in [5.74, 6) is -0.237. The predicted molar refractivity (Wildman–Crippen MR) is 66.1 cm³/mol. The fourth-order valence-electron chi connectivity index (χ4n) is 1.52. The monoisotopic (exact) mass is 237 g/mol. The number of benzene rings is 2. The van der Waals surface area contributed by atoms with Gasteiger partial charge in [-0.1, -0.05) is 42.5 Å². The molecule has 0 aromatic heterocycles. The van der Waals surface area contributed by atoms with E-state index in [4.69, 9.17) is 5.73 Å². The minimum absolute atomic E-state index is 0. The third kappa shape index (κ3) is 2.81. The highest BCUT2D eigenvalue weighted by Crippen LogP contribution is 2.19. The van der Waals surface area contributed by atoms with Crippen molar-refractivity contribution in [3.8, 4) is 0 Å². The molecule has 0 fully saturated rings. The van der Waals surface area contributed by atoms with Crippen molar-refractivity contribution in [2.75, 3.05) is 0 Å². The fraction of sp³-hybridized carbons (Fsp3) is 0.0769. The Morgan fingerprint density at radius 2 is 1.31 bits per heavy atom. The van der Waals surface area contributed by atoms with E-state index in [-0.39, 0.29) is 24.3 Å². The van der Waals surface area contributed by atoms with Gasteiger partial charge in [-0.15, -0.1) is 12.4 Å². The molecule has 2 rings (SSSR count). The van der Waals surface area contributed by atoms with E-state index >= 15 is 0 Å². The first kappa shape index (κ1) is 12.7. The van der Waals surface area contributed by atoms with E-state index in [1.165, 1.54) is 12.1 Å². The summed E-state index contributed by atoms with van der Waals surface area (Å²) in [6, 6.07) is 15.9. The summed E-state index contributed by atoms with van der Waals surface area (Å²) < 4.78 is 12.7. The first-order valence-electron chi connectivity index (χ1n) is 4.83. The fourth-order valence-corrected chi connectivity index (χ4v) is 1.52. The molecule has 0 spiro atoms. The molecular weight excluding hydrogens is 225 g/mol. The first-order valence-corrected chi connectivity index (χ1v) is 4.83. The van der Waals surface area contributed by atoms with Crippen LogP contribution in [0.1, 0.15) is 17.2 Å². The Balaban J connectivity index is 0.00000128. The van der Waals surface area contributed by atoms with E-state index in [0.717, 1.165) is 11.1 Å². The van der Waals surface area contributed by atoms with Gasteiger partial charge in [-0.05, 0) is 23.3 Å². The van der Waals surface area contributed by atoms with Gasteiger partial charge in [0.25, 0.3) is 0 Å². The Bertz CT molecular complexity index is 427. The lowest BCUT2D eigenvalue weighted by molar-refractivity contribution is 0.626. The Labute approximate surface area is 101 Å². The second kappa shape index (κ2) is 5.64. The third-order valence-corrected chi connectivity index (χ3v) is 2.39. The van der Waals surface area contributed by atoms with Crippen molar-refractivity contribution < 1.29 is 4.39 Å². The smallest absolute Gasteiger partial charge is 0.123 e. The molecule has 1 atom stereocenters. The van der Waals surface area contributed by atoms with E-state index in [1.807, 2.05) is 30.3 Å². The molecule has 1 nitrogen and oxygen atoms in total. The summed E-state index contributed by atoms with van der Waals surface area (Å²) in [6.45, 7) is 0.